The first-order valence-electron chi connectivity index (χ1n) is 39.2. The van der Waals surface area contributed by atoms with Crippen molar-refractivity contribution < 1.29 is 80.2 Å². The molecule has 0 aliphatic rings. The SMILES string of the molecule is CC/C=C\C/C=C\C/C=C\C/C=C\CCCCCCCCC(=O)OCC(COP(=O)(O)OCC(O)COP(=O)(O)OCC(COC(=O)CCCCCCCCCCCCCCCCC)OC(=O)CCCCCCCCCCCCC)OC(=O)CCCCCCC/C=C\C/C=C\CCC. The van der Waals surface area contributed by atoms with Crippen LogP contribution >= 0.6 is 15.6 Å². The maximum atomic E-state index is 13.1. The van der Waals surface area contributed by atoms with Gasteiger partial charge in [0.2, 0.25) is 0 Å². The van der Waals surface area contributed by atoms with Gasteiger partial charge >= 0.3 is 39.5 Å². The van der Waals surface area contributed by atoms with Gasteiger partial charge in [0.1, 0.15) is 19.3 Å². The molecule has 0 saturated carbocycles. The summed E-state index contributed by atoms with van der Waals surface area (Å²) < 4.78 is 68.5. The molecule has 0 aliphatic heterocycles. The standard InChI is InChI=1S/C79H142O17P2/c1-5-9-13-17-21-25-29-32-34-35-36-37-39-42-45-48-52-56-60-64-77(82)90-70-75(96-79(84)66-62-58-54-50-46-40-31-27-23-19-15-11-7-3)72-94-98(87,88)92-68-73(80)67-91-97(85,86)93-71-74(95-78(83)65-61-57-53-49-43-28-24-20-16-12-8-4)69-89-76(81)63-59-55-51-47-44-41-38-33-30-26-22-18-14-10-6-2/h9,13,15,19,21,25,27,31-32,34,36-37,73-75,80H,5-8,10-12,14,16-18,20,22-24,26,28-30,33,35,38-72H2,1-4H3,(H,85,86)(H,87,88)/b13-9-,19-15-,25-21-,31-27-,34-32-,37-36-. The van der Waals surface area contributed by atoms with Crippen LogP contribution in [0.3, 0.4) is 0 Å². The molecule has 0 rings (SSSR count). The molecule has 0 aromatic rings. The molecular formula is C79H142O17P2. The van der Waals surface area contributed by atoms with Crippen LogP contribution in [0.2, 0.25) is 0 Å². The normalized spacial score (nSPS) is 14.3. The van der Waals surface area contributed by atoms with Crippen LogP contribution in [-0.4, -0.2) is 96.7 Å². The number of carbonyl (C=O) groups is 4. The summed E-state index contributed by atoms with van der Waals surface area (Å²) in [5, 5.41) is 10.6. The summed E-state index contributed by atoms with van der Waals surface area (Å²) in [4.78, 5) is 72.8. The molecule has 0 aromatic heterocycles. The number of phosphoric ester groups is 2. The summed E-state index contributed by atoms with van der Waals surface area (Å²) >= 11 is 0. The summed E-state index contributed by atoms with van der Waals surface area (Å²) in [7, 11) is -9.94. The van der Waals surface area contributed by atoms with Crippen molar-refractivity contribution >= 4 is 39.5 Å². The average molecular weight is 1430 g/mol. The Labute approximate surface area is 596 Å². The lowest BCUT2D eigenvalue weighted by Crippen LogP contribution is -2.30. The molecular weight excluding hydrogens is 1280 g/mol. The molecule has 0 heterocycles. The lowest BCUT2D eigenvalue weighted by Gasteiger charge is -2.21. The monoisotopic (exact) mass is 1420 g/mol. The number of unbranched alkanes of at least 4 members (excludes halogenated alkanes) is 36. The number of ether oxygens (including phenoxy) is 4. The Balaban J connectivity index is 5.29. The van der Waals surface area contributed by atoms with E-state index in [1.807, 2.05) is 0 Å². The fraction of sp³-hybridized carbons (Fsp3) is 0.797. The summed E-state index contributed by atoms with van der Waals surface area (Å²) in [6.07, 6.45) is 71.7. The molecule has 0 aromatic carbocycles. The van der Waals surface area contributed by atoms with Gasteiger partial charge in [0.25, 0.3) is 0 Å². The Morgan fingerprint density at radius 3 is 0.857 bits per heavy atom. The minimum absolute atomic E-state index is 0.0775. The van der Waals surface area contributed by atoms with Crippen molar-refractivity contribution in [2.45, 2.75) is 367 Å². The van der Waals surface area contributed by atoms with E-state index >= 15 is 0 Å². The molecule has 17 nitrogen and oxygen atoms in total. The lowest BCUT2D eigenvalue weighted by atomic mass is 10.0. The van der Waals surface area contributed by atoms with Crippen molar-refractivity contribution in [1.82, 2.24) is 0 Å². The third-order valence-electron chi connectivity index (χ3n) is 16.7. The molecule has 0 fully saturated rings. The van der Waals surface area contributed by atoms with E-state index in [0.29, 0.717) is 25.7 Å². The van der Waals surface area contributed by atoms with Crippen LogP contribution in [0.4, 0.5) is 0 Å². The highest BCUT2D eigenvalue weighted by molar-refractivity contribution is 7.47. The van der Waals surface area contributed by atoms with E-state index in [1.165, 1.54) is 109 Å². The van der Waals surface area contributed by atoms with Crippen LogP contribution in [0.1, 0.15) is 349 Å². The van der Waals surface area contributed by atoms with E-state index in [2.05, 4.69) is 101 Å². The second-order valence-electron chi connectivity index (χ2n) is 26.3. The zero-order chi connectivity index (χ0) is 71.8. The fourth-order valence-electron chi connectivity index (χ4n) is 10.7. The fourth-order valence-corrected chi connectivity index (χ4v) is 12.3. The number of rotatable bonds is 74. The van der Waals surface area contributed by atoms with Gasteiger partial charge in [0.15, 0.2) is 12.2 Å². The number of allylic oxidation sites excluding steroid dienone is 12. The Hall–Kier alpha value is -3.50. The van der Waals surface area contributed by atoms with Crippen molar-refractivity contribution in [1.29, 1.82) is 0 Å². The second kappa shape index (κ2) is 71.9. The zero-order valence-electron chi connectivity index (χ0n) is 62.2. The van der Waals surface area contributed by atoms with Crippen LogP contribution < -0.4 is 0 Å². The van der Waals surface area contributed by atoms with Gasteiger partial charge in [-0.05, 0) is 89.9 Å². The smallest absolute Gasteiger partial charge is 0.462 e. The first-order chi connectivity index (χ1) is 47.7. The third kappa shape index (κ3) is 70.9. The van der Waals surface area contributed by atoms with E-state index in [4.69, 9.17) is 37.0 Å². The first kappa shape index (κ1) is 94.5. The largest absolute Gasteiger partial charge is 0.472 e. The number of hydrogen-bond acceptors (Lipinski definition) is 15. The minimum Gasteiger partial charge on any atom is -0.462 e. The van der Waals surface area contributed by atoms with Gasteiger partial charge in [0, 0.05) is 25.7 Å². The number of aliphatic hydroxyl groups is 1. The van der Waals surface area contributed by atoms with E-state index in [1.54, 1.807) is 0 Å². The van der Waals surface area contributed by atoms with Gasteiger partial charge < -0.3 is 33.8 Å². The summed E-state index contributed by atoms with van der Waals surface area (Å²) in [6.45, 7) is 4.71. The van der Waals surface area contributed by atoms with E-state index < -0.39 is 97.5 Å². The van der Waals surface area contributed by atoms with Gasteiger partial charge in [-0.25, -0.2) is 9.13 Å². The molecule has 0 bridgehead atoms. The van der Waals surface area contributed by atoms with Gasteiger partial charge in [-0.15, -0.1) is 0 Å². The number of hydrogen-bond donors (Lipinski definition) is 3. The summed E-state index contributed by atoms with van der Waals surface area (Å²) in [6, 6.07) is 0. The number of carbonyl (C=O) groups excluding carboxylic acids is 4. The maximum absolute atomic E-state index is 13.1. The molecule has 5 unspecified atom stereocenters. The Bertz CT molecular complexity index is 2140. The second-order valence-corrected chi connectivity index (χ2v) is 29.2. The van der Waals surface area contributed by atoms with E-state index in [-0.39, 0.29) is 25.7 Å². The van der Waals surface area contributed by atoms with Crippen LogP contribution in [-0.2, 0) is 65.4 Å². The van der Waals surface area contributed by atoms with Gasteiger partial charge in [-0.1, -0.05) is 306 Å². The van der Waals surface area contributed by atoms with Crippen LogP contribution in [0, 0.1) is 0 Å². The number of esters is 4. The zero-order valence-corrected chi connectivity index (χ0v) is 64.0. The van der Waals surface area contributed by atoms with Crippen molar-refractivity contribution in [3.63, 3.8) is 0 Å². The van der Waals surface area contributed by atoms with Crippen molar-refractivity contribution in [3.8, 4) is 0 Å². The summed E-state index contributed by atoms with van der Waals surface area (Å²) in [5.74, 6) is -2.18. The Morgan fingerprint density at radius 2 is 0.551 bits per heavy atom. The molecule has 3 N–H and O–H groups in total. The number of phosphoric acid groups is 2. The number of aliphatic hydroxyl groups excluding tert-OH is 1. The van der Waals surface area contributed by atoms with E-state index in [9.17, 15) is 43.2 Å². The molecule has 0 amide bonds. The predicted octanol–water partition coefficient (Wildman–Crippen LogP) is 22.4. The molecule has 0 saturated heterocycles. The van der Waals surface area contributed by atoms with Crippen molar-refractivity contribution in [2.75, 3.05) is 39.6 Å². The summed E-state index contributed by atoms with van der Waals surface area (Å²) in [5.41, 5.74) is 0. The van der Waals surface area contributed by atoms with Crippen LogP contribution in [0.5, 0.6) is 0 Å². The van der Waals surface area contributed by atoms with Gasteiger partial charge in [-0.2, -0.15) is 0 Å². The Morgan fingerprint density at radius 1 is 0.296 bits per heavy atom. The van der Waals surface area contributed by atoms with Crippen LogP contribution in [0.25, 0.3) is 0 Å². The van der Waals surface area contributed by atoms with Crippen molar-refractivity contribution in [3.05, 3.63) is 72.9 Å². The van der Waals surface area contributed by atoms with Crippen LogP contribution in [0.15, 0.2) is 72.9 Å². The third-order valence-corrected chi connectivity index (χ3v) is 18.6. The molecule has 98 heavy (non-hydrogen) atoms. The molecule has 0 radical (unpaired) electrons. The maximum Gasteiger partial charge on any atom is 0.472 e. The van der Waals surface area contributed by atoms with Crippen molar-refractivity contribution in [2.24, 2.45) is 0 Å². The molecule has 570 valence electrons. The highest BCUT2D eigenvalue weighted by Crippen LogP contribution is 2.45. The highest BCUT2D eigenvalue weighted by Gasteiger charge is 2.30. The quantitative estimate of drug-likeness (QED) is 0.0169. The molecule has 0 spiro atoms. The predicted molar refractivity (Wildman–Crippen MR) is 400 cm³/mol. The van der Waals surface area contributed by atoms with Gasteiger partial charge in [-0.3, -0.25) is 37.3 Å². The molecule has 0 aliphatic carbocycles. The molecule has 5 atom stereocenters. The lowest BCUT2D eigenvalue weighted by molar-refractivity contribution is -0.161. The Kier molecular flexibility index (Phi) is 69.3. The molecule has 19 heteroatoms. The highest BCUT2D eigenvalue weighted by atomic mass is 31.2. The average Bonchev–Trinajstić information content (AvgIpc) is 0.972. The minimum atomic E-state index is -4.98. The topological polar surface area (TPSA) is 237 Å². The van der Waals surface area contributed by atoms with Gasteiger partial charge in [0.05, 0.1) is 26.4 Å². The van der Waals surface area contributed by atoms with E-state index in [0.717, 1.165) is 161 Å². The first-order valence-corrected chi connectivity index (χ1v) is 42.2.